The summed E-state index contributed by atoms with van der Waals surface area (Å²) in [7, 11) is 2.05. The van der Waals surface area contributed by atoms with Crippen LogP contribution in [0.1, 0.15) is 0 Å². The van der Waals surface area contributed by atoms with Gasteiger partial charge in [0.25, 0.3) is 0 Å². The lowest BCUT2D eigenvalue weighted by molar-refractivity contribution is 0.164. The van der Waals surface area contributed by atoms with Gasteiger partial charge in [-0.1, -0.05) is 18.2 Å². The van der Waals surface area contributed by atoms with Crippen LogP contribution in [0.4, 0.5) is 5.69 Å². The number of nitrogens with zero attached hydrogens (tertiary/aromatic N) is 2. The summed E-state index contributed by atoms with van der Waals surface area (Å²) in [6.45, 7) is 3.22. The number of benzene rings is 1. The molecule has 4 heteroatoms. The summed E-state index contributed by atoms with van der Waals surface area (Å²) in [6.07, 6.45) is 0. The fourth-order valence-electron chi connectivity index (χ4n) is 1.72. The highest BCUT2D eigenvalue weighted by Gasteiger charge is 2.05. The summed E-state index contributed by atoms with van der Waals surface area (Å²) in [5.74, 6) is 0. The lowest BCUT2D eigenvalue weighted by atomic mass is 10.3. The van der Waals surface area contributed by atoms with Crippen molar-refractivity contribution in [1.29, 1.82) is 0 Å². The average Bonchev–Trinajstić information content (AvgIpc) is 2.37. The van der Waals surface area contributed by atoms with E-state index in [1.165, 1.54) is 5.69 Å². The Hall–Kier alpha value is -1.10. The van der Waals surface area contributed by atoms with E-state index in [-0.39, 0.29) is 13.2 Å². The van der Waals surface area contributed by atoms with Crippen LogP contribution in [0.25, 0.3) is 0 Å². The fourth-order valence-corrected chi connectivity index (χ4v) is 1.72. The van der Waals surface area contributed by atoms with Gasteiger partial charge in [0, 0.05) is 38.9 Å². The lowest BCUT2D eigenvalue weighted by Gasteiger charge is -2.25. The molecule has 0 aliphatic rings. The number of aliphatic hydroxyl groups excluding tert-OH is 2. The SMILES string of the molecule is CN(CCN(CCO)CCO)c1ccccc1. The van der Waals surface area contributed by atoms with Gasteiger partial charge in [-0.3, -0.25) is 4.90 Å². The maximum Gasteiger partial charge on any atom is 0.0558 e. The minimum Gasteiger partial charge on any atom is -0.395 e. The molecule has 0 fully saturated rings. The monoisotopic (exact) mass is 238 g/mol. The van der Waals surface area contributed by atoms with E-state index in [9.17, 15) is 0 Å². The number of aliphatic hydroxyl groups is 2. The zero-order valence-corrected chi connectivity index (χ0v) is 10.4. The van der Waals surface area contributed by atoms with Crippen molar-refractivity contribution in [2.45, 2.75) is 0 Å². The van der Waals surface area contributed by atoms with Gasteiger partial charge in [-0.2, -0.15) is 0 Å². The molecule has 0 spiro atoms. The number of hydrogen-bond donors (Lipinski definition) is 2. The highest BCUT2D eigenvalue weighted by Crippen LogP contribution is 2.10. The van der Waals surface area contributed by atoms with Crippen LogP contribution in [-0.2, 0) is 0 Å². The zero-order chi connectivity index (χ0) is 12.5. The third-order valence-electron chi connectivity index (χ3n) is 2.78. The predicted molar refractivity (Wildman–Crippen MR) is 70.3 cm³/mol. The average molecular weight is 238 g/mol. The maximum atomic E-state index is 8.91. The summed E-state index contributed by atoms with van der Waals surface area (Å²) in [5.41, 5.74) is 1.18. The van der Waals surface area contributed by atoms with E-state index in [1.807, 2.05) is 25.2 Å². The van der Waals surface area contributed by atoms with Gasteiger partial charge in [-0.25, -0.2) is 0 Å². The van der Waals surface area contributed by atoms with Crippen LogP contribution in [-0.4, -0.2) is 61.6 Å². The Balaban J connectivity index is 2.38. The van der Waals surface area contributed by atoms with Gasteiger partial charge in [-0.15, -0.1) is 0 Å². The number of rotatable bonds is 8. The Morgan fingerprint density at radius 2 is 1.47 bits per heavy atom. The van der Waals surface area contributed by atoms with E-state index in [2.05, 4.69) is 21.9 Å². The Morgan fingerprint density at radius 1 is 0.882 bits per heavy atom. The number of likely N-dealkylation sites (N-methyl/N-ethyl adjacent to an activating group) is 1. The van der Waals surface area contributed by atoms with E-state index >= 15 is 0 Å². The molecule has 0 bridgehead atoms. The van der Waals surface area contributed by atoms with Crippen molar-refractivity contribution >= 4 is 5.69 Å². The molecule has 0 amide bonds. The molecule has 0 aromatic heterocycles. The quantitative estimate of drug-likeness (QED) is 0.688. The fraction of sp³-hybridized carbons (Fsp3) is 0.538. The van der Waals surface area contributed by atoms with E-state index in [1.54, 1.807) is 0 Å². The van der Waals surface area contributed by atoms with E-state index in [4.69, 9.17) is 10.2 Å². The molecule has 1 rings (SSSR count). The van der Waals surface area contributed by atoms with Crippen LogP contribution in [0.5, 0.6) is 0 Å². The molecule has 0 saturated heterocycles. The third kappa shape index (κ3) is 5.17. The molecular weight excluding hydrogens is 216 g/mol. The van der Waals surface area contributed by atoms with Crippen molar-refractivity contribution in [3.63, 3.8) is 0 Å². The lowest BCUT2D eigenvalue weighted by Crippen LogP contribution is -2.36. The van der Waals surface area contributed by atoms with Crippen molar-refractivity contribution < 1.29 is 10.2 Å². The van der Waals surface area contributed by atoms with E-state index < -0.39 is 0 Å². The summed E-state index contributed by atoms with van der Waals surface area (Å²) >= 11 is 0. The Labute approximate surface area is 103 Å². The van der Waals surface area contributed by atoms with Crippen molar-refractivity contribution in [3.8, 4) is 0 Å². The van der Waals surface area contributed by atoms with Crippen molar-refractivity contribution in [2.75, 3.05) is 51.3 Å². The summed E-state index contributed by atoms with van der Waals surface area (Å²) in [4.78, 5) is 4.22. The number of hydrogen-bond acceptors (Lipinski definition) is 4. The molecule has 2 N–H and O–H groups in total. The van der Waals surface area contributed by atoms with Gasteiger partial charge < -0.3 is 15.1 Å². The third-order valence-corrected chi connectivity index (χ3v) is 2.78. The first-order valence-electron chi connectivity index (χ1n) is 5.98. The molecule has 1 aromatic rings. The first-order chi connectivity index (χ1) is 8.27. The zero-order valence-electron chi connectivity index (χ0n) is 10.4. The Morgan fingerprint density at radius 3 is 2.00 bits per heavy atom. The first kappa shape index (κ1) is 14.0. The number of para-hydroxylation sites is 1. The largest absolute Gasteiger partial charge is 0.395 e. The van der Waals surface area contributed by atoms with Crippen molar-refractivity contribution in [2.24, 2.45) is 0 Å². The Kier molecular flexibility index (Phi) is 6.62. The smallest absolute Gasteiger partial charge is 0.0558 e. The highest BCUT2D eigenvalue weighted by molar-refractivity contribution is 5.44. The van der Waals surface area contributed by atoms with Crippen LogP contribution in [0.2, 0.25) is 0 Å². The molecule has 0 aliphatic heterocycles. The normalized spacial score (nSPS) is 10.8. The minimum atomic E-state index is 0.134. The van der Waals surface area contributed by atoms with Crippen molar-refractivity contribution in [1.82, 2.24) is 4.90 Å². The molecule has 0 unspecified atom stereocenters. The predicted octanol–water partition coefficient (Wildman–Crippen LogP) is 0.409. The topological polar surface area (TPSA) is 46.9 Å². The molecule has 0 radical (unpaired) electrons. The summed E-state index contributed by atoms with van der Waals surface area (Å²) in [5, 5.41) is 17.8. The van der Waals surface area contributed by atoms with Gasteiger partial charge >= 0.3 is 0 Å². The van der Waals surface area contributed by atoms with Crippen LogP contribution in [0.3, 0.4) is 0 Å². The maximum absolute atomic E-state index is 8.91. The molecular formula is C13H22N2O2. The van der Waals surface area contributed by atoms with Crippen molar-refractivity contribution in [3.05, 3.63) is 30.3 Å². The molecule has 4 nitrogen and oxygen atoms in total. The first-order valence-corrected chi connectivity index (χ1v) is 5.98. The minimum absolute atomic E-state index is 0.134. The standard InChI is InChI=1S/C13H22N2O2/c1-14(13-5-3-2-4-6-13)7-8-15(9-11-16)10-12-17/h2-6,16-17H,7-12H2,1H3. The molecule has 0 heterocycles. The summed E-state index contributed by atoms with van der Waals surface area (Å²) in [6, 6.07) is 10.2. The van der Waals surface area contributed by atoms with Gasteiger partial charge in [0.1, 0.15) is 0 Å². The number of anilines is 1. The van der Waals surface area contributed by atoms with Gasteiger partial charge in [0.15, 0.2) is 0 Å². The van der Waals surface area contributed by atoms with Gasteiger partial charge in [0.2, 0.25) is 0 Å². The van der Waals surface area contributed by atoms with Crippen LogP contribution in [0.15, 0.2) is 30.3 Å². The van der Waals surface area contributed by atoms with Gasteiger partial charge in [-0.05, 0) is 12.1 Å². The highest BCUT2D eigenvalue weighted by atomic mass is 16.3. The molecule has 0 atom stereocenters. The Bertz CT molecular complexity index is 287. The second kappa shape index (κ2) is 8.06. The van der Waals surface area contributed by atoms with Gasteiger partial charge in [0.05, 0.1) is 13.2 Å². The molecule has 0 aliphatic carbocycles. The molecule has 0 saturated carbocycles. The van der Waals surface area contributed by atoms with Crippen LogP contribution < -0.4 is 4.90 Å². The molecule has 1 aromatic carbocycles. The van der Waals surface area contributed by atoms with Crippen LogP contribution >= 0.6 is 0 Å². The van der Waals surface area contributed by atoms with E-state index in [0.717, 1.165) is 13.1 Å². The second-order valence-corrected chi connectivity index (χ2v) is 4.05. The van der Waals surface area contributed by atoms with E-state index in [0.29, 0.717) is 13.1 Å². The molecule has 96 valence electrons. The molecule has 17 heavy (non-hydrogen) atoms. The van der Waals surface area contributed by atoms with Crippen LogP contribution in [0, 0.1) is 0 Å². The summed E-state index contributed by atoms with van der Waals surface area (Å²) < 4.78 is 0. The second-order valence-electron chi connectivity index (χ2n) is 4.05.